The first kappa shape index (κ1) is 21.5. The molecule has 0 fully saturated rings. The molecule has 2 rings (SSSR count). The predicted octanol–water partition coefficient (Wildman–Crippen LogP) is 3.55. The van der Waals surface area contributed by atoms with Gasteiger partial charge in [-0.15, -0.1) is 0 Å². The largest absolute Gasteiger partial charge is 0.493 e. The highest BCUT2D eigenvalue weighted by molar-refractivity contribution is 5.73. The molecule has 0 aliphatic carbocycles. The van der Waals surface area contributed by atoms with Crippen LogP contribution in [0.25, 0.3) is 0 Å². The van der Waals surface area contributed by atoms with Crippen molar-refractivity contribution in [3.8, 4) is 11.5 Å². The van der Waals surface area contributed by atoms with E-state index in [0.717, 1.165) is 18.4 Å². The lowest BCUT2D eigenvalue weighted by molar-refractivity contribution is 0.173. The van der Waals surface area contributed by atoms with E-state index in [4.69, 9.17) is 9.47 Å². The fourth-order valence-corrected chi connectivity index (χ4v) is 2.50. The number of ether oxygens (including phenoxy) is 2. The van der Waals surface area contributed by atoms with Crippen LogP contribution in [0.3, 0.4) is 0 Å². The fourth-order valence-electron chi connectivity index (χ4n) is 2.50. The predicted molar refractivity (Wildman–Crippen MR) is 105 cm³/mol. The second-order valence-electron chi connectivity index (χ2n) is 6.32. The Morgan fingerprint density at radius 2 is 1.89 bits per heavy atom. The van der Waals surface area contributed by atoms with Crippen LogP contribution in [0.5, 0.6) is 11.5 Å². The third-order valence-electron chi connectivity index (χ3n) is 4.15. The normalized spacial score (nSPS) is 11.6. The molecule has 0 saturated heterocycles. The highest BCUT2D eigenvalue weighted by Gasteiger charge is 2.10. The molecule has 28 heavy (non-hydrogen) atoms. The molecule has 7 heteroatoms. The Morgan fingerprint density at radius 1 is 1.14 bits per heavy atom. The molecule has 3 N–H and O–H groups in total. The molecule has 0 radical (unpaired) electrons. The summed E-state index contributed by atoms with van der Waals surface area (Å²) in [6, 6.07) is 10.6. The minimum Gasteiger partial charge on any atom is -0.493 e. The van der Waals surface area contributed by atoms with E-state index in [0.29, 0.717) is 30.2 Å². The monoisotopic (exact) mass is 390 g/mol. The number of rotatable bonds is 10. The molecule has 0 saturated carbocycles. The average molecular weight is 390 g/mol. The van der Waals surface area contributed by atoms with Gasteiger partial charge in [0.1, 0.15) is 5.82 Å². The summed E-state index contributed by atoms with van der Waals surface area (Å²) < 4.78 is 23.9. The molecule has 0 aliphatic heterocycles. The molecule has 2 amide bonds. The first-order valence-electron chi connectivity index (χ1n) is 9.28. The van der Waals surface area contributed by atoms with Gasteiger partial charge in [-0.1, -0.05) is 31.5 Å². The Balaban J connectivity index is 1.80. The highest BCUT2D eigenvalue weighted by atomic mass is 19.1. The Hall–Kier alpha value is -2.80. The maximum atomic E-state index is 12.9. The molecule has 0 aliphatic rings. The van der Waals surface area contributed by atoms with E-state index < -0.39 is 12.1 Å². The summed E-state index contributed by atoms with van der Waals surface area (Å²) in [4.78, 5) is 12.0. The van der Waals surface area contributed by atoms with E-state index in [2.05, 4.69) is 17.6 Å². The molecular formula is C21H27FN2O4. The Labute approximate surface area is 164 Å². The van der Waals surface area contributed by atoms with Gasteiger partial charge in [-0.05, 0) is 41.8 Å². The average Bonchev–Trinajstić information content (AvgIpc) is 2.71. The molecule has 152 valence electrons. The Bertz CT molecular complexity index is 753. The van der Waals surface area contributed by atoms with E-state index in [1.165, 1.54) is 24.3 Å². The summed E-state index contributed by atoms with van der Waals surface area (Å²) in [6.07, 6.45) is 1.11. The van der Waals surface area contributed by atoms with Gasteiger partial charge in [0.05, 0.1) is 19.8 Å². The van der Waals surface area contributed by atoms with Gasteiger partial charge < -0.3 is 25.2 Å². The Kier molecular flexibility index (Phi) is 8.55. The maximum absolute atomic E-state index is 12.9. The van der Waals surface area contributed by atoms with Crippen molar-refractivity contribution >= 4 is 6.03 Å². The highest BCUT2D eigenvalue weighted by Crippen LogP contribution is 2.28. The number of carbonyl (C=O) groups excluding carboxylic acids is 1. The number of hydrogen-bond acceptors (Lipinski definition) is 4. The summed E-state index contributed by atoms with van der Waals surface area (Å²) in [5.74, 6) is 0.910. The smallest absolute Gasteiger partial charge is 0.315 e. The molecule has 0 bridgehead atoms. The van der Waals surface area contributed by atoms with Gasteiger partial charge in [0.25, 0.3) is 0 Å². The summed E-state index contributed by atoms with van der Waals surface area (Å²) >= 11 is 0. The van der Waals surface area contributed by atoms with Crippen LogP contribution >= 0.6 is 0 Å². The standard InChI is InChI=1S/C21H27FN2O4/c1-3-4-11-28-19-10-5-15(12-20(19)27-2)13-23-21(26)24-14-18(25)16-6-8-17(22)9-7-16/h5-10,12,18,25H,3-4,11,13-14H2,1-2H3,(H2,23,24,26). The summed E-state index contributed by atoms with van der Waals surface area (Å²) in [6.45, 7) is 3.04. The van der Waals surface area contributed by atoms with E-state index in [9.17, 15) is 14.3 Å². The van der Waals surface area contributed by atoms with Crippen molar-refractivity contribution in [1.29, 1.82) is 0 Å². The van der Waals surface area contributed by atoms with Crippen LogP contribution in [0.15, 0.2) is 42.5 Å². The first-order chi connectivity index (χ1) is 13.5. The topological polar surface area (TPSA) is 79.8 Å². The number of aliphatic hydroxyl groups excluding tert-OH is 1. The summed E-state index contributed by atoms with van der Waals surface area (Å²) in [5.41, 5.74) is 1.39. The van der Waals surface area contributed by atoms with Gasteiger partial charge in [0.15, 0.2) is 11.5 Å². The van der Waals surface area contributed by atoms with Crippen molar-refractivity contribution < 1.29 is 23.8 Å². The van der Waals surface area contributed by atoms with Crippen LogP contribution in [-0.2, 0) is 6.54 Å². The number of carbonyl (C=O) groups is 1. The van der Waals surface area contributed by atoms with Crippen molar-refractivity contribution in [3.63, 3.8) is 0 Å². The van der Waals surface area contributed by atoms with Crippen molar-refractivity contribution in [1.82, 2.24) is 10.6 Å². The van der Waals surface area contributed by atoms with Crippen LogP contribution in [0.2, 0.25) is 0 Å². The van der Waals surface area contributed by atoms with Crippen LogP contribution in [0.4, 0.5) is 9.18 Å². The third kappa shape index (κ3) is 6.74. The van der Waals surface area contributed by atoms with Crippen molar-refractivity contribution in [2.24, 2.45) is 0 Å². The number of amides is 2. The van der Waals surface area contributed by atoms with Crippen molar-refractivity contribution in [2.45, 2.75) is 32.4 Å². The molecule has 6 nitrogen and oxygen atoms in total. The van der Waals surface area contributed by atoms with Gasteiger partial charge >= 0.3 is 6.03 Å². The number of methoxy groups -OCH3 is 1. The quantitative estimate of drug-likeness (QED) is 0.542. The zero-order chi connectivity index (χ0) is 20.4. The molecule has 0 spiro atoms. The second-order valence-corrected chi connectivity index (χ2v) is 6.32. The molecule has 1 atom stereocenters. The Morgan fingerprint density at radius 3 is 2.57 bits per heavy atom. The van der Waals surface area contributed by atoms with Gasteiger partial charge in [-0.3, -0.25) is 0 Å². The lowest BCUT2D eigenvalue weighted by Gasteiger charge is -2.14. The minimum atomic E-state index is -0.911. The number of unbranched alkanes of at least 4 members (excludes halogenated alkanes) is 1. The number of halogens is 1. The van der Waals surface area contributed by atoms with Gasteiger partial charge in [-0.25, -0.2) is 9.18 Å². The second kappa shape index (κ2) is 11.1. The maximum Gasteiger partial charge on any atom is 0.315 e. The van der Waals surface area contributed by atoms with Gasteiger partial charge in [0, 0.05) is 13.1 Å². The number of nitrogens with one attached hydrogen (secondary N) is 2. The van der Waals surface area contributed by atoms with E-state index in [-0.39, 0.29) is 12.4 Å². The number of hydrogen-bond donors (Lipinski definition) is 3. The lowest BCUT2D eigenvalue weighted by atomic mass is 10.1. The van der Waals surface area contributed by atoms with Gasteiger partial charge in [-0.2, -0.15) is 0 Å². The fraction of sp³-hybridized carbons (Fsp3) is 0.381. The van der Waals surface area contributed by atoms with Gasteiger partial charge in [0.2, 0.25) is 0 Å². The lowest BCUT2D eigenvalue weighted by Crippen LogP contribution is -2.37. The zero-order valence-corrected chi connectivity index (χ0v) is 16.2. The first-order valence-corrected chi connectivity index (χ1v) is 9.28. The molecule has 2 aromatic carbocycles. The molecule has 0 heterocycles. The van der Waals surface area contributed by atoms with Crippen LogP contribution < -0.4 is 20.1 Å². The number of benzene rings is 2. The molecule has 0 aromatic heterocycles. The van der Waals surface area contributed by atoms with E-state index in [1.54, 1.807) is 7.11 Å². The molecule has 1 unspecified atom stereocenters. The van der Waals surface area contributed by atoms with Crippen LogP contribution in [-0.4, -0.2) is 31.4 Å². The molecule has 2 aromatic rings. The van der Waals surface area contributed by atoms with Crippen LogP contribution in [0, 0.1) is 5.82 Å². The van der Waals surface area contributed by atoms with E-state index in [1.807, 2.05) is 18.2 Å². The minimum absolute atomic E-state index is 0.0188. The summed E-state index contributed by atoms with van der Waals surface area (Å²) in [5, 5.41) is 15.3. The van der Waals surface area contributed by atoms with Crippen LogP contribution in [0.1, 0.15) is 37.0 Å². The third-order valence-corrected chi connectivity index (χ3v) is 4.15. The number of urea groups is 1. The SMILES string of the molecule is CCCCOc1ccc(CNC(=O)NCC(O)c2ccc(F)cc2)cc1OC. The van der Waals surface area contributed by atoms with Crippen molar-refractivity contribution in [3.05, 3.63) is 59.4 Å². The molecular weight excluding hydrogens is 363 g/mol. The van der Waals surface area contributed by atoms with Crippen molar-refractivity contribution in [2.75, 3.05) is 20.3 Å². The zero-order valence-electron chi connectivity index (χ0n) is 16.2. The summed E-state index contributed by atoms with van der Waals surface area (Å²) in [7, 11) is 1.57. The number of aliphatic hydroxyl groups is 1. The van der Waals surface area contributed by atoms with E-state index >= 15 is 0 Å².